The zero-order chi connectivity index (χ0) is 20.2. The molecular formula is C22H18N2O4S. The largest absolute Gasteiger partial charge is 0.274 e. The van der Waals surface area contributed by atoms with Crippen molar-refractivity contribution in [2.24, 2.45) is 5.92 Å². The number of fused-ring (bicyclic) bond motifs is 3. The molecule has 3 aromatic rings. The molecule has 1 fully saturated rings. The van der Waals surface area contributed by atoms with Crippen LogP contribution in [0.25, 0.3) is 0 Å². The van der Waals surface area contributed by atoms with Gasteiger partial charge < -0.3 is 0 Å². The SMILES string of the molecule is O=C1C2CCc3ccn(S(=O)(=O)c4ccccc4)c3C2C(=O)N1c1ccccc1. The van der Waals surface area contributed by atoms with Crippen LogP contribution in [-0.2, 0) is 26.0 Å². The highest BCUT2D eigenvalue weighted by molar-refractivity contribution is 7.90. The number of imide groups is 1. The Labute approximate surface area is 168 Å². The molecule has 2 unspecified atom stereocenters. The van der Waals surface area contributed by atoms with E-state index in [1.54, 1.807) is 48.5 Å². The molecule has 29 heavy (non-hydrogen) atoms. The molecule has 146 valence electrons. The Bertz CT molecular complexity index is 1220. The third-order valence-electron chi connectivity index (χ3n) is 5.74. The second-order valence-corrected chi connectivity index (χ2v) is 9.13. The van der Waals surface area contributed by atoms with E-state index < -0.39 is 21.9 Å². The highest BCUT2D eigenvalue weighted by atomic mass is 32.2. The van der Waals surface area contributed by atoms with Gasteiger partial charge in [0.05, 0.1) is 28.1 Å². The van der Waals surface area contributed by atoms with E-state index in [2.05, 4.69) is 0 Å². The van der Waals surface area contributed by atoms with Crippen molar-refractivity contribution in [1.82, 2.24) is 3.97 Å². The number of anilines is 1. The molecule has 1 saturated heterocycles. The number of benzene rings is 2. The number of amides is 2. The summed E-state index contributed by atoms with van der Waals surface area (Å²) in [5.74, 6) is -1.97. The van der Waals surface area contributed by atoms with Gasteiger partial charge in [0.1, 0.15) is 0 Å². The molecule has 2 aromatic carbocycles. The van der Waals surface area contributed by atoms with Crippen LogP contribution >= 0.6 is 0 Å². The van der Waals surface area contributed by atoms with Crippen molar-refractivity contribution >= 4 is 27.5 Å². The molecule has 0 bridgehead atoms. The van der Waals surface area contributed by atoms with Crippen LogP contribution in [0.1, 0.15) is 23.6 Å². The quantitative estimate of drug-likeness (QED) is 0.627. The van der Waals surface area contributed by atoms with E-state index in [1.807, 2.05) is 6.07 Å². The Hall–Kier alpha value is -3.19. The zero-order valence-electron chi connectivity index (χ0n) is 15.4. The molecule has 1 aromatic heterocycles. The molecule has 7 heteroatoms. The zero-order valence-corrected chi connectivity index (χ0v) is 16.2. The van der Waals surface area contributed by atoms with Gasteiger partial charge in [0.2, 0.25) is 11.8 Å². The predicted molar refractivity (Wildman–Crippen MR) is 107 cm³/mol. The fourth-order valence-corrected chi connectivity index (χ4v) is 5.84. The minimum Gasteiger partial charge on any atom is -0.274 e. The number of carbonyl (C=O) groups excluding carboxylic acids is 2. The molecule has 0 spiro atoms. The van der Waals surface area contributed by atoms with E-state index in [1.165, 1.54) is 27.2 Å². The van der Waals surface area contributed by atoms with Gasteiger partial charge in [-0.3, -0.25) is 9.59 Å². The van der Waals surface area contributed by atoms with E-state index >= 15 is 0 Å². The smallest absolute Gasteiger partial charge is 0.267 e. The Kier molecular flexibility index (Phi) is 3.96. The fraction of sp³-hybridized carbons (Fsp3) is 0.182. The highest BCUT2D eigenvalue weighted by Gasteiger charge is 2.52. The maximum Gasteiger partial charge on any atom is 0.267 e. The van der Waals surface area contributed by atoms with Gasteiger partial charge in [0.15, 0.2) is 0 Å². The first-order valence-corrected chi connectivity index (χ1v) is 10.9. The lowest BCUT2D eigenvalue weighted by molar-refractivity contribution is -0.122. The molecule has 5 rings (SSSR count). The summed E-state index contributed by atoms with van der Waals surface area (Å²) in [6, 6.07) is 18.7. The topological polar surface area (TPSA) is 76.5 Å². The number of para-hydroxylation sites is 1. The molecule has 2 amide bonds. The Morgan fingerprint density at radius 2 is 1.48 bits per heavy atom. The maximum atomic E-state index is 13.3. The number of nitrogens with zero attached hydrogens (tertiary/aromatic N) is 2. The molecule has 2 aliphatic rings. The third-order valence-corrected chi connectivity index (χ3v) is 7.44. The minimum atomic E-state index is -3.86. The molecule has 0 radical (unpaired) electrons. The molecule has 1 aliphatic heterocycles. The number of aryl methyl sites for hydroxylation is 1. The normalized spacial score (nSPS) is 21.2. The molecule has 2 atom stereocenters. The Morgan fingerprint density at radius 1 is 0.828 bits per heavy atom. The Morgan fingerprint density at radius 3 is 2.17 bits per heavy atom. The summed E-state index contributed by atoms with van der Waals surface area (Å²) in [5, 5.41) is 0. The van der Waals surface area contributed by atoms with Crippen molar-refractivity contribution in [2.45, 2.75) is 23.7 Å². The van der Waals surface area contributed by atoms with Crippen molar-refractivity contribution in [1.29, 1.82) is 0 Å². The van der Waals surface area contributed by atoms with Gasteiger partial charge in [0, 0.05) is 6.20 Å². The molecule has 0 saturated carbocycles. The van der Waals surface area contributed by atoms with Crippen LogP contribution in [0.15, 0.2) is 77.8 Å². The van der Waals surface area contributed by atoms with Gasteiger partial charge in [0.25, 0.3) is 10.0 Å². The van der Waals surface area contributed by atoms with Crippen molar-refractivity contribution in [3.8, 4) is 0 Å². The van der Waals surface area contributed by atoms with Crippen molar-refractivity contribution < 1.29 is 18.0 Å². The first-order valence-electron chi connectivity index (χ1n) is 9.44. The summed E-state index contributed by atoms with van der Waals surface area (Å²) >= 11 is 0. The van der Waals surface area contributed by atoms with Crippen molar-refractivity contribution in [3.05, 3.63) is 84.2 Å². The summed E-state index contributed by atoms with van der Waals surface area (Å²) in [7, 11) is -3.86. The highest BCUT2D eigenvalue weighted by Crippen LogP contribution is 2.45. The molecule has 6 nitrogen and oxygen atoms in total. The summed E-state index contributed by atoms with van der Waals surface area (Å²) in [4.78, 5) is 27.7. The molecular weight excluding hydrogens is 388 g/mol. The second kappa shape index (κ2) is 6.42. The van der Waals surface area contributed by atoms with Crippen LogP contribution in [0.4, 0.5) is 5.69 Å². The van der Waals surface area contributed by atoms with Gasteiger partial charge in [-0.05, 0) is 48.7 Å². The van der Waals surface area contributed by atoms with Crippen LogP contribution in [-0.4, -0.2) is 24.2 Å². The monoisotopic (exact) mass is 406 g/mol. The first-order chi connectivity index (χ1) is 14.0. The summed E-state index contributed by atoms with van der Waals surface area (Å²) in [5.41, 5.74) is 1.74. The molecule has 1 aliphatic carbocycles. The lowest BCUT2D eigenvalue weighted by Crippen LogP contribution is -2.30. The van der Waals surface area contributed by atoms with E-state index in [0.717, 1.165) is 5.56 Å². The van der Waals surface area contributed by atoms with E-state index in [-0.39, 0.29) is 16.7 Å². The van der Waals surface area contributed by atoms with Crippen LogP contribution in [0, 0.1) is 5.92 Å². The molecule has 0 N–H and O–H groups in total. The number of hydrogen-bond acceptors (Lipinski definition) is 4. The summed E-state index contributed by atoms with van der Waals surface area (Å²) in [6.45, 7) is 0. The van der Waals surface area contributed by atoms with Crippen LogP contribution in [0.3, 0.4) is 0 Å². The number of rotatable bonds is 3. The van der Waals surface area contributed by atoms with Crippen LogP contribution < -0.4 is 4.90 Å². The first kappa shape index (κ1) is 17.9. The van der Waals surface area contributed by atoms with E-state index in [0.29, 0.717) is 24.2 Å². The summed E-state index contributed by atoms with van der Waals surface area (Å²) < 4.78 is 27.7. The van der Waals surface area contributed by atoms with Crippen LogP contribution in [0.2, 0.25) is 0 Å². The van der Waals surface area contributed by atoms with Gasteiger partial charge in [-0.2, -0.15) is 0 Å². The van der Waals surface area contributed by atoms with Gasteiger partial charge in [-0.25, -0.2) is 17.3 Å². The lowest BCUT2D eigenvalue weighted by Gasteiger charge is -2.24. The second-order valence-electron chi connectivity index (χ2n) is 7.31. The van der Waals surface area contributed by atoms with Gasteiger partial charge >= 0.3 is 0 Å². The average Bonchev–Trinajstić information content (AvgIpc) is 3.29. The fourth-order valence-electron chi connectivity index (χ4n) is 4.40. The third kappa shape index (κ3) is 2.57. The lowest BCUT2D eigenvalue weighted by atomic mass is 9.80. The summed E-state index contributed by atoms with van der Waals surface area (Å²) in [6.07, 6.45) is 2.59. The van der Waals surface area contributed by atoms with Crippen molar-refractivity contribution in [2.75, 3.05) is 4.90 Å². The van der Waals surface area contributed by atoms with Gasteiger partial charge in [-0.1, -0.05) is 36.4 Å². The maximum absolute atomic E-state index is 13.3. The van der Waals surface area contributed by atoms with Crippen molar-refractivity contribution in [3.63, 3.8) is 0 Å². The average molecular weight is 406 g/mol. The molecule has 2 heterocycles. The number of aromatic nitrogens is 1. The van der Waals surface area contributed by atoms with Crippen LogP contribution in [0.5, 0.6) is 0 Å². The van der Waals surface area contributed by atoms with E-state index in [9.17, 15) is 18.0 Å². The predicted octanol–water partition coefficient (Wildman–Crippen LogP) is 2.94. The number of carbonyl (C=O) groups is 2. The standard InChI is InChI=1S/C22H18N2O4S/c25-21-18-12-11-15-13-14-23(29(27,28)17-9-5-2-6-10-17)20(15)19(18)22(26)24(21)16-7-3-1-4-8-16/h1-10,13-14,18-19H,11-12H2. The Balaban J connectivity index is 1.64. The minimum absolute atomic E-state index is 0.150. The number of hydrogen-bond donors (Lipinski definition) is 0. The van der Waals surface area contributed by atoms with E-state index in [4.69, 9.17) is 0 Å². The van der Waals surface area contributed by atoms with Gasteiger partial charge in [-0.15, -0.1) is 0 Å².